The predicted octanol–water partition coefficient (Wildman–Crippen LogP) is 1.55. The summed E-state index contributed by atoms with van der Waals surface area (Å²) in [5, 5.41) is 2.88. The van der Waals surface area contributed by atoms with Gasteiger partial charge < -0.3 is 20.0 Å². The summed E-state index contributed by atoms with van der Waals surface area (Å²) in [5.41, 5.74) is 2.40. The van der Waals surface area contributed by atoms with Gasteiger partial charge in [-0.25, -0.2) is 13.2 Å². The van der Waals surface area contributed by atoms with E-state index in [0.29, 0.717) is 19.5 Å². The number of amides is 2. The number of carbonyl (C=O) groups excluding carboxylic acids is 1. The van der Waals surface area contributed by atoms with Crippen molar-refractivity contribution in [1.82, 2.24) is 10.2 Å². The zero-order valence-electron chi connectivity index (χ0n) is 16.2. The van der Waals surface area contributed by atoms with Crippen LogP contribution in [0.4, 0.5) is 16.2 Å². The van der Waals surface area contributed by atoms with Crippen molar-refractivity contribution in [2.24, 2.45) is 0 Å². The molecule has 0 spiro atoms. The van der Waals surface area contributed by atoms with Gasteiger partial charge in [0.25, 0.3) is 0 Å². The van der Waals surface area contributed by atoms with E-state index >= 15 is 0 Å². The van der Waals surface area contributed by atoms with Crippen molar-refractivity contribution in [3.05, 3.63) is 24.3 Å². The summed E-state index contributed by atoms with van der Waals surface area (Å²) >= 11 is 0. The van der Waals surface area contributed by atoms with Crippen LogP contribution in [0.5, 0.6) is 0 Å². The highest BCUT2D eigenvalue weighted by Gasteiger charge is 2.31. The molecule has 7 nitrogen and oxygen atoms in total. The summed E-state index contributed by atoms with van der Waals surface area (Å²) < 4.78 is 23.1. The molecule has 3 rings (SSSR count). The molecule has 2 heterocycles. The molecule has 2 amide bonds. The van der Waals surface area contributed by atoms with E-state index in [-0.39, 0.29) is 23.6 Å². The first kappa shape index (κ1) is 19.8. The minimum absolute atomic E-state index is 0.0671. The van der Waals surface area contributed by atoms with Crippen LogP contribution in [0, 0.1) is 0 Å². The number of benzene rings is 1. The lowest BCUT2D eigenvalue weighted by molar-refractivity contribution is 0.191. The molecule has 2 aliphatic heterocycles. The fraction of sp³-hybridized carbons (Fsp3) is 0.632. The van der Waals surface area contributed by atoms with Crippen LogP contribution in [0.15, 0.2) is 24.3 Å². The number of carbonyl (C=O) groups is 1. The standard InChI is InChI=1S/C19H30N4O3S/c1-3-21(4-2)17-5-7-18(8-6-17)22-10-12-23(13-11-22)19(24)20-16-9-14-27(25,26)15-16/h5-8,16H,3-4,9-15H2,1-2H3,(H,20,24). The van der Waals surface area contributed by atoms with Crippen molar-refractivity contribution in [2.45, 2.75) is 26.3 Å². The molecule has 1 atom stereocenters. The number of nitrogens with one attached hydrogen (secondary N) is 1. The maximum absolute atomic E-state index is 12.4. The first-order chi connectivity index (χ1) is 12.9. The second-order valence-electron chi connectivity index (χ2n) is 7.21. The van der Waals surface area contributed by atoms with Gasteiger partial charge in [-0.05, 0) is 44.5 Å². The number of hydrogen-bond donors (Lipinski definition) is 1. The van der Waals surface area contributed by atoms with Gasteiger partial charge in [-0.2, -0.15) is 0 Å². The Morgan fingerprint density at radius 2 is 1.74 bits per heavy atom. The average Bonchev–Trinajstić information content (AvgIpc) is 3.02. The first-order valence-electron chi connectivity index (χ1n) is 9.77. The van der Waals surface area contributed by atoms with E-state index in [2.05, 4.69) is 53.2 Å². The molecule has 0 bridgehead atoms. The molecule has 0 aromatic heterocycles. The van der Waals surface area contributed by atoms with Crippen molar-refractivity contribution in [2.75, 3.05) is 60.6 Å². The highest BCUT2D eigenvalue weighted by Crippen LogP contribution is 2.22. The lowest BCUT2D eigenvalue weighted by Crippen LogP contribution is -2.53. The maximum atomic E-state index is 12.4. The number of piperazine rings is 1. The topological polar surface area (TPSA) is 73.0 Å². The van der Waals surface area contributed by atoms with Crippen molar-refractivity contribution in [3.63, 3.8) is 0 Å². The molecule has 1 N–H and O–H groups in total. The van der Waals surface area contributed by atoms with E-state index in [1.807, 2.05) is 0 Å². The van der Waals surface area contributed by atoms with Gasteiger partial charge in [-0.3, -0.25) is 0 Å². The molecule has 1 aromatic carbocycles. The third-order valence-corrected chi connectivity index (χ3v) is 7.24. The number of urea groups is 1. The number of anilines is 2. The van der Waals surface area contributed by atoms with E-state index in [4.69, 9.17) is 0 Å². The molecule has 150 valence electrons. The fourth-order valence-electron chi connectivity index (χ4n) is 3.81. The Hall–Kier alpha value is -1.96. The largest absolute Gasteiger partial charge is 0.372 e. The van der Waals surface area contributed by atoms with Crippen molar-refractivity contribution >= 4 is 27.2 Å². The minimum Gasteiger partial charge on any atom is -0.372 e. The fourth-order valence-corrected chi connectivity index (χ4v) is 5.48. The van der Waals surface area contributed by atoms with Gasteiger partial charge in [0, 0.05) is 56.7 Å². The summed E-state index contributed by atoms with van der Waals surface area (Å²) in [5.74, 6) is 0.243. The molecular weight excluding hydrogens is 364 g/mol. The van der Waals surface area contributed by atoms with Crippen molar-refractivity contribution in [3.8, 4) is 0 Å². The van der Waals surface area contributed by atoms with Gasteiger partial charge in [0.1, 0.15) is 0 Å². The zero-order valence-corrected chi connectivity index (χ0v) is 17.0. The van der Waals surface area contributed by atoms with Crippen LogP contribution in [-0.2, 0) is 9.84 Å². The number of rotatable bonds is 5. The highest BCUT2D eigenvalue weighted by atomic mass is 32.2. The van der Waals surface area contributed by atoms with Crippen LogP contribution in [0.2, 0.25) is 0 Å². The van der Waals surface area contributed by atoms with Crippen LogP contribution >= 0.6 is 0 Å². The van der Waals surface area contributed by atoms with Gasteiger partial charge in [-0.1, -0.05) is 0 Å². The third kappa shape index (κ3) is 4.86. The van der Waals surface area contributed by atoms with Crippen LogP contribution in [-0.4, -0.2) is 76.2 Å². The number of hydrogen-bond acceptors (Lipinski definition) is 5. The van der Waals surface area contributed by atoms with E-state index < -0.39 is 9.84 Å². The zero-order chi connectivity index (χ0) is 19.4. The van der Waals surface area contributed by atoms with Crippen molar-refractivity contribution < 1.29 is 13.2 Å². The molecule has 27 heavy (non-hydrogen) atoms. The molecule has 0 saturated carbocycles. The number of nitrogens with zero attached hydrogens (tertiary/aromatic N) is 3. The van der Waals surface area contributed by atoms with E-state index in [1.165, 1.54) is 11.4 Å². The summed E-state index contributed by atoms with van der Waals surface area (Å²) in [6.45, 7) is 9.14. The van der Waals surface area contributed by atoms with Gasteiger partial charge in [0.05, 0.1) is 11.5 Å². The normalized spacial score (nSPS) is 21.9. The van der Waals surface area contributed by atoms with Crippen LogP contribution in [0.25, 0.3) is 0 Å². The van der Waals surface area contributed by atoms with E-state index in [0.717, 1.165) is 26.2 Å². The Labute approximate surface area is 162 Å². The molecule has 8 heteroatoms. The smallest absolute Gasteiger partial charge is 0.317 e. The second-order valence-corrected chi connectivity index (χ2v) is 9.44. The van der Waals surface area contributed by atoms with Crippen LogP contribution < -0.4 is 15.1 Å². The SMILES string of the molecule is CCN(CC)c1ccc(N2CCN(C(=O)NC3CCS(=O)(=O)C3)CC2)cc1. The van der Waals surface area contributed by atoms with Gasteiger partial charge in [-0.15, -0.1) is 0 Å². The average molecular weight is 395 g/mol. The minimum atomic E-state index is -2.98. The Bertz CT molecular complexity index is 739. The lowest BCUT2D eigenvalue weighted by Gasteiger charge is -2.36. The number of sulfone groups is 1. The van der Waals surface area contributed by atoms with Crippen LogP contribution in [0.1, 0.15) is 20.3 Å². The van der Waals surface area contributed by atoms with E-state index in [9.17, 15) is 13.2 Å². The predicted molar refractivity (Wildman–Crippen MR) is 109 cm³/mol. The first-order valence-corrected chi connectivity index (χ1v) is 11.6. The summed E-state index contributed by atoms with van der Waals surface area (Å²) in [6.07, 6.45) is 0.521. The Balaban J connectivity index is 1.50. The van der Waals surface area contributed by atoms with Crippen LogP contribution in [0.3, 0.4) is 0 Å². The molecule has 2 aliphatic rings. The van der Waals surface area contributed by atoms with E-state index in [1.54, 1.807) is 4.90 Å². The summed E-state index contributed by atoms with van der Waals surface area (Å²) in [4.78, 5) is 18.8. The highest BCUT2D eigenvalue weighted by molar-refractivity contribution is 7.91. The Kier molecular flexibility index (Phi) is 6.14. The van der Waals surface area contributed by atoms with Crippen molar-refractivity contribution in [1.29, 1.82) is 0 Å². The lowest BCUT2D eigenvalue weighted by atomic mass is 10.2. The second kappa shape index (κ2) is 8.37. The Morgan fingerprint density at radius 3 is 2.26 bits per heavy atom. The monoisotopic (exact) mass is 394 g/mol. The maximum Gasteiger partial charge on any atom is 0.317 e. The quantitative estimate of drug-likeness (QED) is 0.820. The molecule has 2 fully saturated rings. The summed E-state index contributed by atoms with van der Waals surface area (Å²) in [7, 11) is -2.98. The molecular formula is C19H30N4O3S. The molecule has 0 aliphatic carbocycles. The summed E-state index contributed by atoms with van der Waals surface area (Å²) in [6, 6.07) is 8.21. The van der Waals surface area contributed by atoms with Gasteiger partial charge >= 0.3 is 6.03 Å². The molecule has 1 aromatic rings. The molecule has 1 unspecified atom stereocenters. The van der Waals surface area contributed by atoms with Gasteiger partial charge in [0.2, 0.25) is 0 Å². The molecule has 0 radical (unpaired) electrons. The molecule has 2 saturated heterocycles. The Morgan fingerprint density at radius 1 is 1.11 bits per heavy atom. The third-order valence-electron chi connectivity index (χ3n) is 5.47. The van der Waals surface area contributed by atoms with Gasteiger partial charge in [0.15, 0.2) is 9.84 Å².